The maximum absolute atomic E-state index is 14.3. The second-order valence-electron chi connectivity index (χ2n) is 5.97. The van der Waals surface area contributed by atoms with E-state index in [0.717, 1.165) is 32.6 Å². The lowest BCUT2D eigenvalue weighted by Gasteiger charge is -2.39. The Morgan fingerprint density at radius 3 is 2.67 bits per heavy atom. The van der Waals surface area contributed by atoms with Gasteiger partial charge >= 0.3 is 0 Å². The molecule has 0 saturated carbocycles. The quantitative estimate of drug-likeness (QED) is 0.920. The SMILES string of the molecule is CCNCc1cc(F)c(N2CCN3CCCC3C2)c(F)c1. The van der Waals surface area contributed by atoms with E-state index in [0.29, 0.717) is 24.7 Å². The number of benzene rings is 1. The Morgan fingerprint density at radius 2 is 1.95 bits per heavy atom. The fraction of sp³-hybridized carbons (Fsp3) is 0.625. The molecular weight excluding hydrogens is 272 g/mol. The van der Waals surface area contributed by atoms with Gasteiger partial charge in [0, 0.05) is 32.2 Å². The third-order valence-electron chi connectivity index (χ3n) is 4.56. The molecule has 2 aliphatic rings. The molecule has 3 rings (SSSR count). The van der Waals surface area contributed by atoms with Gasteiger partial charge in [0.25, 0.3) is 0 Å². The van der Waals surface area contributed by atoms with Crippen LogP contribution < -0.4 is 10.2 Å². The lowest BCUT2D eigenvalue weighted by molar-refractivity contribution is 0.229. The van der Waals surface area contributed by atoms with E-state index in [-0.39, 0.29) is 5.69 Å². The van der Waals surface area contributed by atoms with Gasteiger partial charge in [-0.2, -0.15) is 0 Å². The highest BCUT2D eigenvalue weighted by Crippen LogP contribution is 2.30. The Kier molecular flexibility index (Phi) is 4.40. The third kappa shape index (κ3) is 3.04. The first-order valence-corrected chi connectivity index (χ1v) is 7.86. The van der Waals surface area contributed by atoms with Gasteiger partial charge in [0.05, 0.1) is 0 Å². The Bertz CT molecular complexity index is 483. The van der Waals surface area contributed by atoms with E-state index in [2.05, 4.69) is 10.2 Å². The molecule has 0 amide bonds. The third-order valence-corrected chi connectivity index (χ3v) is 4.56. The van der Waals surface area contributed by atoms with E-state index >= 15 is 0 Å². The summed E-state index contributed by atoms with van der Waals surface area (Å²) in [5, 5.41) is 3.09. The van der Waals surface area contributed by atoms with E-state index in [4.69, 9.17) is 0 Å². The van der Waals surface area contributed by atoms with Gasteiger partial charge in [0.15, 0.2) is 0 Å². The smallest absolute Gasteiger partial charge is 0.149 e. The molecule has 2 heterocycles. The lowest BCUT2D eigenvalue weighted by atomic mass is 10.1. The number of halogens is 2. The maximum atomic E-state index is 14.3. The van der Waals surface area contributed by atoms with Crippen LogP contribution in [0.1, 0.15) is 25.3 Å². The Balaban J connectivity index is 1.78. The molecule has 116 valence electrons. The van der Waals surface area contributed by atoms with Gasteiger partial charge < -0.3 is 10.2 Å². The minimum absolute atomic E-state index is 0.154. The molecule has 3 nitrogen and oxygen atoms in total. The van der Waals surface area contributed by atoms with Gasteiger partial charge in [-0.3, -0.25) is 4.90 Å². The number of hydrogen-bond acceptors (Lipinski definition) is 3. The van der Waals surface area contributed by atoms with Crippen LogP contribution in [0, 0.1) is 11.6 Å². The average molecular weight is 295 g/mol. The topological polar surface area (TPSA) is 18.5 Å². The molecule has 1 N–H and O–H groups in total. The highest BCUT2D eigenvalue weighted by molar-refractivity contribution is 5.51. The van der Waals surface area contributed by atoms with Crippen molar-refractivity contribution in [3.05, 3.63) is 29.3 Å². The first-order chi connectivity index (χ1) is 10.2. The minimum Gasteiger partial charge on any atom is -0.364 e. The van der Waals surface area contributed by atoms with Crippen LogP contribution in [0.15, 0.2) is 12.1 Å². The van der Waals surface area contributed by atoms with E-state index < -0.39 is 11.6 Å². The standard InChI is InChI=1S/C16H23F2N3/c1-2-19-10-12-8-14(17)16(15(18)9-12)21-7-6-20-5-3-4-13(20)11-21/h8-9,13,19H,2-7,10-11H2,1H3. The van der Waals surface area contributed by atoms with Crippen LogP contribution in [0.2, 0.25) is 0 Å². The van der Waals surface area contributed by atoms with E-state index in [9.17, 15) is 8.78 Å². The van der Waals surface area contributed by atoms with Crippen molar-refractivity contribution in [2.45, 2.75) is 32.4 Å². The van der Waals surface area contributed by atoms with Crippen molar-refractivity contribution in [1.82, 2.24) is 10.2 Å². The van der Waals surface area contributed by atoms with Gasteiger partial charge in [-0.15, -0.1) is 0 Å². The number of piperazine rings is 1. The van der Waals surface area contributed by atoms with Crippen molar-refractivity contribution in [3.63, 3.8) is 0 Å². The zero-order chi connectivity index (χ0) is 14.8. The van der Waals surface area contributed by atoms with Crippen molar-refractivity contribution in [2.75, 3.05) is 37.6 Å². The normalized spacial score (nSPS) is 22.6. The van der Waals surface area contributed by atoms with Gasteiger partial charge in [0.2, 0.25) is 0 Å². The fourth-order valence-corrected chi connectivity index (χ4v) is 3.49. The molecule has 0 aromatic heterocycles. The van der Waals surface area contributed by atoms with E-state index in [1.165, 1.54) is 18.6 Å². The molecule has 2 saturated heterocycles. The largest absolute Gasteiger partial charge is 0.364 e. The molecule has 0 radical (unpaired) electrons. The second kappa shape index (κ2) is 6.28. The Hall–Kier alpha value is -1.20. The number of rotatable bonds is 4. The fourth-order valence-electron chi connectivity index (χ4n) is 3.49. The first kappa shape index (κ1) is 14.7. The van der Waals surface area contributed by atoms with Gasteiger partial charge in [-0.05, 0) is 43.6 Å². The summed E-state index contributed by atoms with van der Waals surface area (Å²) in [5.41, 5.74) is 0.817. The number of hydrogen-bond donors (Lipinski definition) is 1. The van der Waals surface area contributed by atoms with Crippen molar-refractivity contribution in [3.8, 4) is 0 Å². The molecule has 0 spiro atoms. The van der Waals surface area contributed by atoms with Crippen LogP contribution in [0.25, 0.3) is 0 Å². The van der Waals surface area contributed by atoms with Gasteiger partial charge in [0.1, 0.15) is 17.3 Å². The lowest BCUT2D eigenvalue weighted by Crippen LogP contribution is -2.50. The summed E-state index contributed by atoms with van der Waals surface area (Å²) < 4.78 is 28.7. The summed E-state index contributed by atoms with van der Waals surface area (Å²) in [6, 6.07) is 3.38. The minimum atomic E-state index is -0.436. The highest BCUT2D eigenvalue weighted by Gasteiger charge is 2.32. The zero-order valence-corrected chi connectivity index (χ0v) is 12.5. The molecular formula is C16H23F2N3. The van der Waals surface area contributed by atoms with Crippen LogP contribution in [0.5, 0.6) is 0 Å². The molecule has 1 atom stereocenters. The monoisotopic (exact) mass is 295 g/mol. The summed E-state index contributed by atoms with van der Waals surface area (Å²) >= 11 is 0. The van der Waals surface area contributed by atoms with Crippen LogP contribution in [-0.4, -0.2) is 43.7 Å². The van der Waals surface area contributed by atoms with Gasteiger partial charge in [-0.1, -0.05) is 6.92 Å². The molecule has 1 aromatic rings. The number of anilines is 1. The Labute approximate surface area is 124 Å². The van der Waals surface area contributed by atoms with Crippen LogP contribution in [-0.2, 0) is 6.54 Å². The molecule has 1 unspecified atom stereocenters. The molecule has 2 fully saturated rings. The Morgan fingerprint density at radius 1 is 1.19 bits per heavy atom. The molecule has 5 heteroatoms. The predicted molar refractivity (Wildman–Crippen MR) is 80.5 cm³/mol. The molecule has 1 aromatic carbocycles. The zero-order valence-electron chi connectivity index (χ0n) is 12.5. The molecule has 0 bridgehead atoms. The summed E-state index contributed by atoms with van der Waals surface area (Å²) in [6.07, 6.45) is 2.34. The molecule has 2 aliphatic heterocycles. The van der Waals surface area contributed by atoms with Crippen molar-refractivity contribution >= 4 is 5.69 Å². The summed E-state index contributed by atoms with van der Waals surface area (Å²) in [4.78, 5) is 4.32. The van der Waals surface area contributed by atoms with Crippen LogP contribution in [0.3, 0.4) is 0 Å². The number of fused-ring (bicyclic) bond motifs is 1. The first-order valence-electron chi connectivity index (χ1n) is 7.86. The summed E-state index contributed by atoms with van der Waals surface area (Å²) in [6.45, 7) is 6.74. The van der Waals surface area contributed by atoms with Crippen LogP contribution in [0.4, 0.5) is 14.5 Å². The predicted octanol–water partition coefficient (Wildman–Crippen LogP) is 2.36. The van der Waals surface area contributed by atoms with E-state index in [1.54, 1.807) is 0 Å². The van der Waals surface area contributed by atoms with Crippen molar-refractivity contribution < 1.29 is 8.78 Å². The van der Waals surface area contributed by atoms with E-state index in [1.807, 2.05) is 11.8 Å². The molecule has 21 heavy (non-hydrogen) atoms. The average Bonchev–Trinajstić information content (AvgIpc) is 2.92. The van der Waals surface area contributed by atoms with Crippen LogP contribution >= 0.6 is 0 Å². The van der Waals surface area contributed by atoms with Crippen molar-refractivity contribution in [2.24, 2.45) is 0 Å². The maximum Gasteiger partial charge on any atom is 0.149 e. The van der Waals surface area contributed by atoms with Gasteiger partial charge in [-0.25, -0.2) is 8.78 Å². The summed E-state index contributed by atoms with van der Waals surface area (Å²) in [5.74, 6) is -0.872. The summed E-state index contributed by atoms with van der Waals surface area (Å²) in [7, 11) is 0. The highest BCUT2D eigenvalue weighted by atomic mass is 19.1. The second-order valence-corrected chi connectivity index (χ2v) is 5.97. The van der Waals surface area contributed by atoms with Crippen molar-refractivity contribution in [1.29, 1.82) is 0 Å². The number of nitrogens with one attached hydrogen (secondary N) is 1. The number of nitrogens with zero attached hydrogens (tertiary/aromatic N) is 2. The molecule has 0 aliphatic carbocycles.